The molecule has 2 amide bonds. The number of carbonyl (C=O) groups excluding carboxylic acids is 2. The van der Waals surface area contributed by atoms with Gasteiger partial charge in [-0.1, -0.05) is 0 Å². The lowest BCUT2D eigenvalue weighted by Gasteiger charge is -2.34. The number of likely N-dealkylation sites (tertiary alicyclic amines) is 1. The van der Waals surface area contributed by atoms with Crippen LogP contribution >= 0.6 is 0 Å². The van der Waals surface area contributed by atoms with Crippen LogP contribution in [-0.4, -0.2) is 73.6 Å². The van der Waals surface area contributed by atoms with Gasteiger partial charge in [0, 0.05) is 38.8 Å². The van der Waals surface area contributed by atoms with Crippen LogP contribution in [0.3, 0.4) is 0 Å². The highest BCUT2D eigenvalue weighted by Gasteiger charge is 2.27. The van der Waals surface area contributed by atoms with Gasteiger partial charge in [0.2, 0.25) is 11.8 Å². The van der Waals surface area contributed by atoms with E-state index >= 15 is 0 Å². The van der Waals surface area contributed by atoms with Gasteiger partial charge >= 0.3 is 0 Å². The first-order chi connectivity index (χ1) is 11.1. The lowest BCUT2D eigenvalue weighted by Crippen LogP contribution is -2.49. The molecule has 23 heavy (non-hydrogen) atoms. The highest BCUT2D eigenvalue weighted by atomic mass is 16.5. The minimum absolute atomic E-state index is 0.0195. The molecule has 1 unspecified atom stereocenters. The van der Waals surface area contributed by atoms with E-state index in [-0.39, 0.29) is 23.8 Å². The molecule has 1 atom stereocenters. The lowest BCUT2D eigenvalue weighted by atomic mass is 9.99. The molecule has 6 heteroatoms. The molecule has 0 radical (unpaired) electrons. The molecular weight excluding hydrogens is 294 g/mol. The largest absolute Gasteiger partial charge is 0.381 e. The Balaban J connectivity index is 1.69. The van der Waals surface area contributed by atoms with Gasteiger partial charge in [0.25, 0.3) is 0 Å². The number of ether oxygens (including phenoxy) is 1. The number of hydrogen-bond acceptors (Lipinski definition) is 4. The molecule has 2 saturated heterocycles. The van der Waals surface area contributed by atoms with E-state index in [1.54, 1.807) is 0 Å². The van der Waals surface area contributed by atoms with Crippen molar-refractivity contribution < 1.29 is 14.3 Å². The summed E-state index contributed by atoms with van der Waals surface area (Å²) >= 11 is 0. The smallest absolute Gasteiger partial charge is 0.236 e. The Kier molecular flexibility index (Phi) is 7.30. The molecule has 2 aliphatic rings. The topological polar surface area (TPSA) is 61.9 Å². The molecule has 2 fully saturated rings. The third-order valence-electron chi connectivity index (χ3n) is 4.94. The molecular formula is C17H31N3O3. The number of nitrogens with zero attached hydrogens (tertiary/aromatic N) is 2. The summed E-state index contributed by atoms with van der Waals surface area (Å²) in [5.41, 5.74) is 0. The van der Waals surface area contributed by atoms with E-state index in [4.69, 9.17) is 4.74 Å². The van der Waals surface area contributed by atoms with Gasteiger partial charge in [-0.3, -0.25) is 14.5 Å². The first-order valence-electron chi connectivity index (χ1n) is 9.02. The Labute approximate surface area is 139 Å². The van der Waals surface area contributed by atoms with Gasteiger partial charge in [-0.15, -0.1) is 0 Å². The van der Waals surface area contributed by atoms with Crippen LogP contribution in [0.15, 0.2) is 0 Å². The van der Waals surface area contributed by atoms with E-state index in [1.807, 2.05) is 18.7 Å². The van der Waals surface area contributed by atoms with E-state index in [0.29, 0.717) is 13.2 Å². The fourth-order valence-corrected chi connectivity index (χ4v) is 3.37. The number of rotatable bonds is 6. The highest BCUT2D eigenvalue weighted by molar-refractivity contribution is 5.79. The first kappa shape index (κ1) is 18.2. The lowest BCUT2D eigenvalue weighted by molar-refractivity contribution is -0.133. The van der Waals surface area contributed by atoms with E-state index in [1.165, 1.54) is 0 Å². The SMILES string of the molecule is CCN(CC)C(=O)CN1CCC(NC(=O)C2CCCOC2)CC1. The Morgan fingerprint density at radius 1 is 1.17 bits per heavy atom. The molecule has 2 aliphatic heterocycles. The molecule has 0 aromatic heterocycles. The molecule has 0 aromatic carbocycles. The summed E-state index contributed by atoms with van der Waals surface area (Å²) in [6, 6.07) is 0.240. The van der Waals surface area contributed by atoms with Gasteiger partial charge in [0.05, 0.1) is 19.1 Å². The summed E-state index contributed by atoms with van der Waals surface area (Å²) in [5.74, 6) is 0.366. The summed E-state index contributed by atoms with van der Waals surface area (Å²) < 4.78 is 5.39. The van der Waals surface area contributed by atoms with Gasteiger partial charge in [-0.2, -0.15) is 0 Å². The number of hydrogen-bond donors (Lipinski definition) is 1. The van der Waals surface area contributed by atoms with Gasteiger partial charge in [0.15, 0.2) is 0 Å². The molecule has 0 spiro atoms. The van der Waals surface area contributed by atoms with Gasteiger partial charge in [-0.05, 0) is 39.5 Å². The normalized spacial score (nSPS) is 23.5. The van der Waals surface area contributed by atoms with Crippen molar-refractivity contribution in [3.05, 3.63) is 0 Å². The number of likely N-dealkylation sites (N-methyl/N-ethyl adjacent to an activating group) is 1. The summed E-state index contributed by atoms with van der Waals surface area (Å²) in [7, 11) is 0. The van der Waals surface area contributed by atoms with Crippen LogP contribution in [0.4, 0.5) is 0 Å². The van der Waals surface area contributed by atoms with Gasteiger partial charge in [-0.25, -0.2) is 0 Å². The Morgan fingerprint density at radius 2 is 1.87 bits per heavy atom. The Morgan fingerprint density at radius 3 is 2.43 bits per heavy atom. The maximum absolute atomic E-state index is 12.2. The van der Waals surface area contributed by atoms with Crippen LogP contribution in [-0.2, 0) is 14.3 Å². The maximum Gasteiger partial charge on any atom is 0.236 e. The van der Waals surface area contributed by atoms with Crippen molar-refractivity contribution in [2.75, 3.05) is 45.9 Å². The summed E-state index contributed by atoms with van der Waals surface area (Å²) in [4.78, 5) is 28.4. The van der Waals surface area contributed by atoms with Crippen LogP contribution in [0.25, 0.3) is 0 Å². The molecule has 1 N–H and O–H groups in total. The van der Waals surface area contributed by atoms with E-state index in [2.05, 4.69) is 10.2 Å². The Hall–Kier alpha value is -1.14. The van der Waals surface area contributed by atoms with Crippen molar-refractivity contribution >= 4 is 11.8 Å². The molecule has 0 aliphatic carbocycles. The maximum atomic E-state index is 12.2. The Bertz CT molecular complexity index is 385. The number of nitrogens with one attached hydrogen (secondary N) is 1. The molecule has 2 heterocycles. The summed E-state index contributed by atoms with van der Waals surface area (Å²) in [6.45, 7) is 9.15. The molecule has 0 bridgehead atoms. The molecule has 132 valence electrons. The summed E-state index contributed by atoms with van der Waals surface area (Å²) in [6.07, 6.45) is 3.75. The quantitative estimate of drug-likeness (QED) is 0.787. The molecule has 0 saturated carbocycles. The molecule has 2 rings (SSSR count). The van der Waals surface area contributed by atoms with Crippen LogP contribution < -0.4 is 5.32 Å². The van der Waals surface area contributed by atoms with Gasteiger partial charge < -0.3 is 15.0 Å². The average molecular weight is 325 g/mol. The van der Waals surface area contributed by atoms with E-state index in [0.717, 1.165) is 58.5 Å². The van der Waals surface area contributed by atoms with Crippen LogP contribution in [0.5, 0.6) is 0 Å². The average Bonchev–Trinajstić information content (AvgIpc) is 2.58. The third-order valence-corrected chi connectivity index (χ3v) is 4.94. The third kappa shape index (κ3) is 5.46. The number of amides is 2. The highest BCUT2D eigenvalue weighted by Crippen LogP contribution is 2.16. The predicted octanol–water partition coefficient (Wildman–Crippen LogP) is 0.862. The first-order valence-corrected chi connectivity index (χ1v) is 9.02. The second kappa shape index (κ2) is 9.23. The van der Waals surface area contributed by atoms with Crippen LogP contribution in [0.1, 0.15) is 39.5 Å². The molecule has 0 aromatic rings. The van der Waals surface area contributed by atoms with Crippen LogP contribution in [0.2, 0.25) is 0 Å². The monoisotopic (exact) mass is 325 g/mol. The zero-order chi connectivity index (χ0) is 16.7. The van der Waals surface area contributed by atoms with Crippen molar-refractivity contribution in [2.24, 2.45) is 5.92 Å². The van der Waals surface area contributed by atoms with Crippen molar-refractivity contribution in [2.45, 2.75) is 45.6 Å². The van der Waals surface area contributed by atoms with Crippen molar-refractivity contribution in [3.63, 3.8) is 0 Å². The molecule has 6 nitrogen and oxygen atoms in total. The fraction of sp³-hybridized carbons (Fsp3) is 0.882. The summed E-state index contributed by atoms with van der Waals surface area (Å²) in [5, 5.41) is 3.17. The van der Waals surface area contributed by atoms with Crippen molar-refractivity contribution in [3.8, 4) is 0 Å². The number of piperidine rings is 1. The minimum atomic E-state index is 0.0195. The predicted molar refractivity (Wildman–Crippen MR) is 89.1 cm³/mol. The zero-order valence-electron chi connectivity index (χ0n) is 14.6. The van der Waals surface area contributed by atoms with Crippen molar-refractivity contribution in [1.29, 1.82) is 0 Å². The second-order valence-electron chi connectivity index (χ2n) is 6.54. The zero-order valence-corrected chi connectivity index (χ0v) is 14.6. The van der Waals surface area contributed by atoms with E-state index in [9.17, 15) is 9.59 Å². The standard InChI is InChI=1S/C17H31N3O3/c1-3-20(4-2)16(21)12-19-9-7-15(8-10-19)18-17(22)14-6-5-11-23-13-14/h14-15H,3-13H2,1-2H3,(H,18,22). The second-order valence-corrected chi connectivity index (χ2v) is 6.54. The minimum Gasteiger partial charge on any atom is -0.381 e. The van der Waals surface area contributed by atoms with Crippen molar-refractivity contribution in [1.82, 2.24) is 15.1 Å². The van der Waals surface area contributed by atoms with Gasteiger partial charge in [0.1, 0.15) is 0 Å². The fourth-order valence-electron chi connectivity index (χ4n) is 3.37. The van der Waals surface area contributed by atoms with E-state index < -0.39 is 0 Å². The number of carbonyl (C=O) groups is 2. The van der Waals surface area contributed by atoms with Crippen LogP contribution in [0, 0.1) is 5.92 Å².